The van der Waals surface area contributed by atoms with E-state index in [1.165, 1.54) is 0 Å². The predicted octanol–water partition coefficient (Wildman–Crippen LogP) is 2.50. The summed E-state index contributed by atoms with van der Waals surface area (Å²) in [4.78, 5) is 15.1. The molecule has 0 spiro atoms. The van der Waals surface area contributed by atoms with Crippen molar-refractivity contribution in [2.24, 2.45) is 0 Å². The molecule has 0 saturated heterocycles. The highest BCUT2D eigenvalue weighted by atomic mass is 16.3. The van der Waals surface area contributed by atoms with Crippen LogP contribution in [0, 0.1) is 0 Å². The van der Waals surface area contributed by atoms with E-state index in [4.69, 9.17) is 0 Å². The standard InChI is InChI=1S/C17H16N2O2/c20-12-11-19-16(14-9-5-2-6-10-14)15(18-17(19)21)13-7-3-1-4-8-13/h1-10,20H,11-12H2,(H,18,21). The molecule has 2 N–H and O–H groups in total. The summed E-state index contributed by atoms with van der Waals surface area (Å²) in [6.07, 6.45) is 0. The van der Waals surface area contributed by atoms with Gasteiger partial charge < -0.3 is 10.1 Å². The number of imidazole rings is 1. The molecule has 0 aliphatic carbocycles. The average molecular weight is 280 g/mol. The first-order chi connectivity index (χ1) is 10.3. The first-order valence-corrected chi connectivity index (χ1v) is 6.86. The molecule has 0 atom stereocenters. The van der Waals surface area contributed by atoms with Crippen molar-refractivity contribution in [1.29, 1.82) is 0 Å². The van der Waals surface area contributed by atoms with Gasteiger partial charge in [0, 0.05) is 11.1 Å². The monoisotopic (exact) mass is 280 g/mol. The molecular weight excluding hydrogens is 264 g/mol. The largest absolute Gasteiger partial charge is 0.395 e. The molecule has 0 aliphatic rings. The van der Waals surface area contributed by atoms with Crippen LogP contribution in [-0.2, 0) is 6.54 Å². The number of aromatic amines is 1. The number of rotatable bonds is 4. The van der Waals surface area contributed by atoms with Gasteiger partial charge in [0.15, 0.2) is 0 Å². The summed E-state index contributed by atoms with van der Waals surface area (Å²) in [6, 6.07) is 19.5. The summed E-state index contributed by atoms with van der Waals surface area (Å²) in [5.41, 5.74) is 3.27. The fourth-order valence-corrected chi connectivity index (χ4v) is 2.49. The van der Waals surface area contributed by atoms with Crippen molar-refractivity contribution in [3.05, 3.63) is 71.1 Å². The summed E-state index contributed by atoms with van der Waals surface area (Å²) in [7, 11) is 0. The van der Waals surface area contributed by atoms with Gasteiger partial charge in [0.25, 0.3) is 0 Å². The lowest BCUT2D eigenvalue weighted by molar-refractivity contribution is 0.275. The van der Waals surface area contributed by atoms with Crippen LogP contribution in [0.5, 0.6) is 0 Å². The van der Waals surface area contributed by atoms with E-state index in [1.807, 2.05) is 60.7 Å². The van der Waals surface area contributed by atoms with E-state index in [2.05, 4.69) is 4.98 Å². The summed E-state index contributed by atoms with van der Waals surface area (Å²) in [6.45, 7) is 0.193. The zero-order valence-electron chi connectivity index (χ0n) is 11.5. The lowest BCUT2D eigenvalue weighted by atomic mass is 10.0. The van der Waals surface area contributed by atoms with E-state index in [1.54, 1.807) is 4.57 Å². The van der Waals surface area contributed by atoms with Gasteiger partial charge in [-0.1, -0.05) is 60.7 Å². The molecule has 0 saturated carbocycles. The summed E-state index contributed by atoms with van der Waals surface area (Å²) >= 11 is 0. The first kappa shape index (κ1) is 13.4. The van der Waals surface area contributed by atoms with Crippen molar-refractivity contribution in [1.82, 2.24) is 9.55 Å². The third-order valence-electron chi connectivity index (χ3n) is 3.42. The third kappa shape index (κ3) is 2.53. The molecule has 0 bridgehead atoms. The Balaban J connectivity index is 2.26. The Hall–Kier alpha value is -2.59. The molecule has 4 nitrogen and oxygen atoms in total. The fourth-order valence-electron chi connectivity index (χ4n) is 2.49. The summed E-state index contributed by atoms with van der Waals surface area (Å²) in [5, 5.41) is 9.22. The Kier molecular flexibility index (Phi) is 3.71. The van der Waals surface area contributed by atoms with Crippen LogP contribution in [0.2, 0.25) is 0 Å². The molecule has 0 radical (unpaired) electrons. The Morgan fingerprint density at radius 1 is 0.905 bits per heavy atom. The zero-order chi connectivity index (χ0) is 14.7. The average Bonchev–Trinajstić information content (AvgIpc) is 2.86. The Bertz CT molecular complexity index is 774. The van der Waals surface area contributed by atoms with E-state index in [-0.39, 0.29) is 18.8 Å². The molecule has 0 aliphatic heterocycles. The number of nitrogens with one attached hydrogen (secondary N) is 1. The van der Waals surface area contributed by atoms with Crippen LogP contribution in [0.1, 0.15) is 0 Å². The lowest BCUT2D eigenvalue weighted by Crippen LogP contribution is -2.19. The molecule has 1 aromatic heterocycles. The minimum atomic E-state index is -0.207. The van der Waals surface area contributed by atoms with Gasteiger partial charge in [-0.25, -0.2) is 4.79 Å². The van der Waals surface area contributed by atoms with E-state index in [0.29, 0.717) is 0 Å². The number of aliphatic hydroxyl groups is 1. The number of nitrogens with zero attached hydrogens (tertiary/aromatic N) is 1. The molecule has 21 heavy (non-hydrogen) atoms. The topological polar surface area (TPSA) is 58.0 Å². The number of hydrogen-bond acceptors (Lipinski definition) is 2. The highest BCUT2D eigenvalue weighted by Crippen LogP contribution is 2.29. The molecule has 4 heteroatoms. The highest BCUT2D eigenvalue weighted by molar-refractivity contribution is 5.78. The Labute approximate surface area is 122 Å². The molecule has 106 valence electrons. The molecule has 1 heterocycles. The lowest BCUT2D eigenvalue weighted by Gasteiger charge is -2.09. The van der Waals surface area contributed by atoms with Gasteiger partial charge in [-0.3, -0.25) is 4.57 Å². The van der Waals surface area contributed by atoms with Crippen LogP contribution >= 0.6 is 0 Å². The second-order valence-electron chi connectivity index (χ2n) is 4.76. The number of aromatic nitrogens is 2. The maximum atomic E-state index is 12.2. The highest BCUT2D eigenvalue weighted by Gasteiger charge is 2.16. The molecule has 3 aromatic rings. The van der Waals surface area contributed by atoms with Crippen molar-refractivity contribution < 1.29 is 5.11 Å². The van der Waals surface area contributed by atoms with Gasteiger partial charge in [0.2, 0.25) is 0 Å². The van der Waals surface area contributed by atoms with Crippen LogP contribution in [0.3, 0.4) is 0 Å². The van der Waals surface area contributed by atoms with Crippen LogP contribution in [0.25, 0.3) is 22.5 Å². The molecule has 0 amide bonds. The maximum Gasteiger partial charge on any atom is 0.326 e. The molecule has 3 rings (SSSR count). The van der Waals surface area contributed by atoms with Crippen LogP contribution in [0.15, 0.2) is 65.5 Å². The van der Waals surface area contributed by atoms with Crippen molar-refractivity contribution in [2.75, 3.05) is 6.61 Å². The Morgan fingerprint density at radius 3 is 2.05 bits per heavy atom. The maximum absolute atomic E-state index is 12.2. The van der Waals surface area contributed by atoms with E-state index < -0.39 is 0 Å². The quantitative estimate of drug-likeness (QED) is 0.771. The van der Waals surface area contributed by atoms with Crippen LogP contribution in [0.4, 0.5) is 0 Å². The van der Waals surface area contributed by atoms with Crippen molar-refractivity contribution in [2.45, 2.75) is 6.54 Å². The van der Waals surface area contributed by atoms with Crippen molar-refractivity contribution >= 4 is 0 Å². The normalized spacial score (nSPS) is 10.7. The summed E-state index contributed by atoms with van der Waals surface area (Å²) < 4.78 is 1.58. The van der Waals surface area contributed by atoms with Gasteiger partial charge in [0.1, 0.15) is 0 Å². The summed E-state index contributed by atoms with van der Waals surface area (Å²) in [5.74, 6) is 0. The van der Waals surface area contributed by atoms with Gasteiger partial charge >= 0.3 is 5.69 Å². The Morgan fingerprint density at radius 2 is 1.48 bits per heavy atom. The van der Waals surface area contributed by atoms with E-state index in [0.717, 1.165) is 22.5 Å². The number of hydrogen-bond donors (Lipinski definition) is 2. The van der Waals surface area contributed by atoms with Crippen molar-refractivity contribution in [3.8, 4) is 22.5 Å². The number of benzene rings is 2. The smallest absolute Gasteiger partial charge is 0.326 e. The van der Waals surface area contributed by atoms with Gasteiger partial charge in [0.05, 0.1) is 24.5 Å². The molecule has 2 aromatic carbocycles. The molecule has 0 unspecified atom stereocenters. The molecule has 0 fully saturated rings. The van der Waals surface area contributed by atoms with Crippen LogP contribution in [-0.4, -0.2) is 21.3 Å². The SMILES string of the molecule is O=c1[nH]c(-c2ccccc2)c(-c2ccccc2)n1CCO. The van der Waals surface area contributed by atoms with Crippen molar-refractivity contribution in [3.63, 3.8) is 0 Å². The van der Waals surface area contributed by atoms with Gasteiger partial charge in [-0.15, -0.1) is 0 Å². The second-order valence-corrected chi connectivity index (χ2v) is 4.76. The van der Waals surface area contributed by atoms with E-state index in [9.17, 15) is 9.90 Å². The minimum absolute atomic E-state index is 0.0776. The fraction of sp³-hybridized carbons (Fsp3) is 0.118. The first-order valence-electron chi connectivity index (χ1n) is 6.86. The number of H-pyrrole nitrogens is 1. The minimum Gasteiger partial charge on any atom is -0.395 e. The second kappa shape index (κ2) is 5.81. The van der Waals surface area contributed by atoms with Crippen LogP contribution < -0.4 is 5.69 Å². The van der Waals surface area contributed by atoms with Gasteiger partial charge in [-0.05, 0) is 0 Å². The van der Waals surface area contributed by atoms with E-state index >= 15 is 0 Å². The predicted molar refractivity (Wildman–Crippen MR) is 83.0 cm³/mol. The third-order valence-corrected chi connectivity index (χ3v) is 3.42. The molecular formula is C17H16N2O2. The number of aliphatic hydroxyl groups excluding tert-OH is 1. The van der Waals surface area contributed by atoms with Gasteiger partial charge in [-0.2, -0.15) is 0 Å². The zero-order valence-corrected chi connectivity index (χ0v) is 11.5.